The number of carbonyl (C=O) groups excluding carboxylic acids is 1. The lowest BCUT2D eigenvalue weighted by Gasteiger charge is -1.98. The van der Waals surface area contributed by atoms with E-state index in [-0.39, 0.29) is 5.75 Å². The van der Waals surface area contributed by atoms with Gasteiger partial charge in [-0.3, -0.25) is 4.79 Å². The maximum absolute atomic E-state index is 10.5. The summed E-state index contributed by atoms with van der Waals surface area (Å²) in [6.07, 6.45) is 5.42. The van der Waals surface area contributed by atoms with E-state index in [1.54, 1.807) is 12.1 Å². The third-order valence-corrected chi connectivity index (χ3v) is 2.04. The molecule has 0 atom stereocenters. The van der Waals surface area contributed by atoms with Crippen molar-refractivity contribution in [1.29, 1.82) is 0 Å². The van der Waals surface area contributed by atoms with Crippen LogP contribution in [0.5, 0.6) is 5.75 Å². The van der Waals surface area contributed by atoms with Gasteiger partial charge < -0.3 is 5.11 Å². The molecule has 0 heterocycles. The number of phenols is 1. The van der Waals surface area contributed by atoms with Gasteiger partial charge in [0, 0.05) is 0 Å². The van der Waals surface area contributed by atoms with Crippen LogP contribution in [-0.2, 0) is 0 Å². The molecule has 0 radical (unpaired) electrons. The van der Waals surface area contributed by atoms with E-state index in [0.29, 0.717) is 11.8 Å². The number of hydrogen-bond acceptors (Lipinski definition) is 3. The van der Waals surface area contributed by atoms with Crippen LogP contribution in [0.2, 0.25) is 0 Å². The summed E-state index contributed by atoms with van der Waals surface area (Å²) in [5.74, 6) is 0.820. The Morgan fingerprint density at radius 1 is 1.43 bits per heavy atom. The van der Waals surface area contributed by atoms with Crippen molar-refractivity contribution in [3.63, 3.8) is 0 Å². The van der Waals surface area contributed by atoms with Crippen LogP contribution >= 0.6 is 12.6 Å². The van der Waals surface area contributed by atoms with E-state index >= 15 is 0 Å². The highest BCUT2D eigenvalue weighted by Crippen LogP contribution is 2.17. The maximum atomic E-state index is 10.5. The molecular formula is C11H12O2S. The first-order chi connectivity index (χ1) is 6.77. The molecule has 0 fully saturated rings. The standard InChI is InChI=1S/C11H12O2S/c12-8-10-7-9(3-1-2-6-14)4-5-11(10)13/h1,3-5,7-8,13-14H,2,6H2. The van der Waals surface area contributed by atoms with Gasteiger partial charge in [-0.15, -0.1) is 0 Å². The molecule has 1 rings (SSSR count). The molecule has 0 amide bonds. The number of rotatable bonds is 4. The summed E-state index contributed by atoms with van der Waals surface area (Å²) in [6, 6.07) is 4.93. The van der Waals surface area contributed by atoms with Crippen molar-refractivity contribution in [1.82, 2.24) is 0 Å². The van der Waals surface area contributed by atoms with E-state index in [9.17, 15) is 9.90 Å². The van der Waals surface area contributed by atoms with Gasteiger partial charge in [0.15, 0.2) is 6.29 Å². The number of allylic oxidation sites excluding steroid dienone is 1. The predicted octanol–water partition coefficient (Wildman–Crippen LogP) is 2.54. The molecule has 1 aromatic carbocycles. The Bertz CT molecular complexity index is 345. The number of aromatic hydroxyl groups is 1. The molecule has 0 bridgehead atoms. The molecule has 0 aliphatic rings. The van der Waals surface area contributed by atoms with E-state index in [0.717, 1.165) is 17.7 Å². The molecule has 0 aliphatic carbocycles. The average Bonchev–Trinajstić information content (AvgIpc) is 2.21. The van der Waals surface area contributed by atoms with Gasteiger partial charge in [0.1, 0.15) is 5.75 Å². The SMILES string of the molecule is O=Cc1cc(C=CCCS)ccc1O. The lowest BCUT2D eigenvalue weighted by Crippen LogP contribution is -1.82. The minimum atomic E-state index is 0.0198. The van der Waals surface area contributed by atoms with Gasteiger partial charge in [-0.2, -0.15) is 12.6 Å². The van der Waals surface area contributed by atoms with Gasteiger partial charge >= 0.3 is 0 Å². The molecule has 1 N–H and O–H groups in total. The van der Waals surface area contributed by atoms with Crippen molar-refractivity contribution >= 4 is 25.0 Å². The van der Waals surface area contributed by atoms with E-state index in [2.05, 4.69) is 12.6 Å². The molecule has 0 spiro atoms. The molecule has 0 aliphatic heterocycles. The largest absolute Gasteiger partial charge is 0.507 e. The number of aldehydes is 1. The molecular weight excluding hydrogens is 196 g/mol. The van der Waals surface area contributed by atoms with Crippen LogP contribution in [0, 0.1) is 0 Å². The Hall–Kier alpha value is -1.22. The quantitative estimate of drug-likeness (QED) is 0.589. The average molecular weight is 208 g/mol. The van der Waals surface area contributed by atoms with Crippen LogP contribution in [0.4, 0.5) is 0 Å². The van der Waals surface area contributed by atoms with Crippen LogP contribution in [0.1, 0.15) is 22.3 Å². The third-order valence-electron chi connectivity index (χ3n) is 1.78. The molecule has 0 saturated heterocycles. The Morgan fingerprint density at radius 3 is 2.86 bits per heavy atom. The first-order valence-corrected chi connectivity index (χ1v) is 4.96. The zero-order valence-electron chi connectivity index (χ0n) is 7.68. The second-order valence-corrected chi connectivity index (χ2v) is 3.30. The minimum absolute atomic E-state index is 0.0198. The summed E-state index contributed by atoms with van der Waals surface area (Å²) >= 11 is 4.07. The Morgan fingerprint density at radius 2 is 2.21 bits per heavy atom. The number of thiol groups is 1. The summed E-state index contributed by atoms with van der Waals surface area (Å²) in [4.78, 5) is 10.5. The van der Waals surface area contributed by atoms with Crippen molar-refractivity contribution in [2.75, 3.05) is 5.75 Å². The molecule has 0 unspecified atom stereocenters. The number of benzene rings is 1. The molecule has 74 valence electrons. The molecule has 0 saturated carbocycles. The lowest BCUT2D eigenvalue weighted by atomic mass is 10.1. The zero-order chi connectivity index (χ0) is 10.4. The van der Waals surface area contributed by atoms with Crippen molar-refractivity contribution in [2.45, 2.75) is 6.42 Å². The van der Waals surface area contributed by atoms with Crippen molar-refractivity contribution in [3.8, 4) is 5.75 Å². The van der Waals surface area contributed by atoms with Crippen molar-refractivity contribution in [3.05, 3.63) is 35.4 Å². The Labute approximate surface area is 88.7 Å². The summed E-state index contributed by atoms with van der Waals surface area (Å²) in [7, 11) is 0. The molecule has 0 aromatic heterocycles. The van der Waals surface area contributed by atoms with E-state index in [4.69, 9.17) is 0 Å². The number of hydrogen-bond donors (Lipinski definition) is 2. The monoisotopic (exact) mass is 208 g/mol. The fraction of sp³-hybridized carbons (Fsp3) is 0.182. The van der Waals surface area contributed by atoms with Crippen molar-refractivity contribution in [2.24, 2.45) is 0 Å². The third kappa shape index (κ3) is 2.92. The summed E-state index contributed by atoms with van der Waals surface area (Å²) in [6.45, 7) is 0. The normalized spacial score (nSPS) is 10.6. The molecule has 1 aromatic rings. The highest BCUT2D eigenvalue weighted by atomic mass is 32.1. The topological polar surface area (TPSA) is 37.3 Å². The first kappa shape index (κ1) is 10.9. The van der Waals surface area contributed by atoms with Crippen molar-refractivity contribution < 1.29 is 9.90 Å². The zero-order valence-corrected chi connectivity index (χ0v) is 8.58. The minimum Gasteiger partial charge on any atom is -0.507 e. The van der Waals surface area contributed by atoms with Crippen LogP contribution in [0.3, 0.4) is 0 Å². The van der Waals surface area contributed by atoms with Gasteiger partial charge in [-0.25, -0.2) is 0 Å². The lowest BCUT2D eigenvalue weighted by molar-refractivity contribution is 0.112. The maximum Gasteiger partial charge on any atom is 0.153 e. The Kier molecular flexibility index (Phi) is 4.26. The first-order valence-electron chi connectivity index (χ1n) is 4.33. The van der Waals surface area contributed by atoms with Gasteiger partial charge in [0.05, 0.1) is 5.56 Å². The fourth-order valence-electron chi connectivity index (χ4n) is 1.07. The molecule has 2 nitrogen and oxygen atoms in total. The summed E-state index contributed by atoms with van der Waals surface area (Å²) in [5.41, 5.74) is 1.23. The second-order valence-electron chi connectivity index (χ2n) is 2.85. The highest BCUT2D eigenvalue weighted by molar-refractivity contribution is 7.80. The molecule has 3 heteroatoms. The molecule has 14 heavy (non-hydrogen) atoms. The van der Waals surface area contributed by atoms with Crippen LogP contribution in [-0.4, -0.2) is 17.1 Å². The van der Waals surface area contributed by atoms with Gasteiger partial charge in [0.25, 0.3) is 0 Å². The van der Waals surface area contributed by atoms with Crippen LogP contribution in [0.25, 0.3) is 6.08 Å². The van der Waals surface area contributed by atoms with Crippen LogP contribution < -0.4 is 0 Å². The number of carbonyl (C=O) groups is 1. The van der Waals surface area contributed by atoms with Gasteiger partial charge in [-0.05, 0) is 29.9 Å². The second kappa shape index (κ2) is 5.50. The van der Waals surface area contributed by atoms with E-state index < -0.39 is 0 Å². The summed E-state index contributed by atoms with van der Waals surface area (Å²) < 4.78 is 0. The highest BCUT2D eigenvalue weighted by Gasteiger charge is 1.98. The van der Waals surface area contributed by atoms with Gasteiger partial charge in [-0.1, -0.05) is 18.2 Å². The van der Waals surface area contributed by atoms with Crippen LogP contribution in [0.15, 0.2) is 24.3 Å². The summed E-state index contributed by atoms with van der Waals surface area (Å²) in [5, 5.41) is 9.24. The smallest absolute Gasteiger partial charge is 0.153 e. The van der Waals surface area contributed by atoms with Gasteiger partial charge in [0.2, 0.25) is 0 Å². The fourth-order valence-corrected chi connectivity index (χ4v) is 1.21. The Balaban J connectivity index is 2.84. The number of phenolic OH excluding ortho intramolecular Hbond substituents is 1. The van der Waals surface area contributed by atoms with E-state index in [1.165, 1.54) is 6.07 Å². The van der Waals surface area contributed by atoms with E-state index in [1.807, 2.05) is 12.2 Å². The predicted molar refractivity (Wildman–Crippen MR) is 61.0 cm³/mol.